The van der Waals surface area contributed by atoms with Crippen molar-refractivity contribution in [2.45, 2.75) is 12.5 Å². The molecule has 4 rings (SSSR count). The van der Waals surface area contributed by atoms with Gasteiger partial charge in [0, 0.05) is 16.5 Å². The molecule has 1 unspecified atom stereocenters. The predicted molar refractivity (Wildman–Crippen MR) is 129 cm³/mol. The van der Waals surface area contributed by atoms with Crippen LogP contribution in [0.25, 0.3) is 10.6 Å². The SMILES string of the molecule is O=C(NC(Cc1ccccc1)C(=O)Nc1nnc(-c2ccc(F)cc2)s1)c1ccccc1Br. The highest BCUT2D eigenvalue weighted by Crippen LogP contribution is 2.26. The topological polar surface area (TPSA) is 84.0 Å². The van der Waals surface area contributed by atoms with E-state index >= 15 is 0 Å². The van der Waals surface area contributed by atoms with Crippen molar-refractivity contribution in [3.05, 3.63) is 100 Å². The number of anilines is 1. The zero-order valence-electron chi connectivity index (χ0n) is 17.2. The van der Waals surface area contributed by atoms with Gasteiger partial charge in [-0.15, -0.1) is 10.2 Å². The highest BCUT2D eigenvalue weighted by Gasteiger charge is 2.24. The first-order valence-electron chi connectivity index (χ1n) is 9.99. The Morgan fingerprint density at radius 3 is 2.36 bits per heavy atom. The van der Waals surface area contributed by atoms with Crippen LogP contribution in [0.2, 0.25) is 0 Å². The summed E-state index contributed by atoms with van der Waals surface area (Å²) >= 11 is 4.54. The zero-order chi connectivity index (χ0) is 23.2. The van der Waals surface area contributed by atoms with E-state index in [1.165, 1.54) is 12.1 Å². The molecule has 0 saturated heterocycles. The Hall–Kier alpha value is -3.43. The van der Waals surface area contributed by atoms with E-state index in [-0.39, 0.29) is 16.9 Å². The van der Waals surface area contributed by atoms with E-state index < -0.39 is 11.9 Å². The molecule has 1 atom stereocenters. The van der Waals surface area contributed by atoms with Gasteiger partial charge in [-0.2, -0.15) is 0 Å². The molecule has 2 N–H and O–H groups in total. The first kappa shape index (κ1) is 22.8. The number of aromatic nitrogens is 2. The number of carbonyl (C=O) groups is 2. The zero-order valence-corrected chi connectivity index (χ0v) is 19.6. The molecule has 0 bridgehead atoms. The molecule has 1 heterocycles. The van der Waals surface area contributed by atoms with Crippen LogP contribution < -0.4 is 10.6 Å². The molecule has 0 spiro atoms. The fourth-order valence-electron chi connectivity index (χ4n) is 3.12. The minimum Gasteiger partial charge on any atom is -0.340 e. The van der Waals surface area contributed by atoms with Crippen molar-refractivity contribution in [3.63, 3.8) is 0 Å². The van der Waals surface area contributed by atoms with Crippen LogP contribution in [0.5, 0.6) is 0 Å². The molecule has 0 aliphatic heterocycles. The Bertz CT molecular complexity index is 1260. The summed E-state index contributed by atoms with van der Waals surface area (Å²) in [6.45, 7) is 0. The summed E-state index contributed by atoms with van der Waals surface area (Å²) in [5.41, 5.74) is 2.02. The van der Waals surface area contributed by atoms with Gasteiger partial charge in [0.05, 0.1) is 5.56 Å². The maximum Gasteiger partial charge on any atom is 0.253 e. The van der Waals surface area contributed by atoms with Crippen molar-refractivity contribution in [2.24, 2.45) is 0 Å². The average molecular weight is 525 g/mol. The minimum atomic E-state index is -0.842. The van der Waals surface area contributed by atoms with Gasteiger partial charge >= 0.3 is 0 Å². The molecule has 0 fully saturated rings. The molecular weight excluding hydrogens is 507 g/mol. The fraction of sp³-hybridized carbons (Fsp3) is 0.0833. The Morgan fingerprint density at radius 2 is 1.64 bits per heavy atom. The van der Waals surface area contributed by atoms with Crippen LogP contribution in [0.3, 0.4) is 0 Å². The molecule has 166 valence electrons. The van der Waals surface area contributed by atoms with Crippen LogP contribution in [-0.2, 0) is 11.2 Å². The lowest BCUT2D eigenvalue weighted by atomic mass is 10.0. The van der Waals surface area contributed by atoms with Crippen LogP contribution in [-0.4, -0.2) is 28.1 Å². The molecule has 9 heteroatoms. The second kappa shape index (κ2) is 10.5. The number of amides is 2. The van der Waals surface area contributed by atoms with Crippen molar-refractivity contribution in [1.82, 2.24) is 15.5 Å². The monoisotopic (exact) mass is 524 g/mol. The van der Waals surface area contributed by atoms with E-state index in [1.807, 2.05) is 36.4 Å². The van der Waals surface area contributed by atoms with E-state index in [1.54, 1.807) is 30.3 Å². The van der Waals surface area contributed by atoms with Crippen LogP contribution in [0.1, 0.15) is 15.9 Å². The Labute approximate surface area is 202 Å². The lowest BCUT2D eigenvalue weighted by Gasteiger charge is -2.18. The van der Waals surface area contributed by atoms with E-state index in [2.05, 4.69) is 36.8 Å². The molecule has 0 aliphatic rings. The first-order valence-corrected chi connectivity index (χ1v) is 11.6. The lowest BCUT2D eigenvalue weighted by molar-refractivity contribution is -0.118. The Balaban J connectivity index is 1.52. The lowest BCUT2D eigenvalue weighted by Crippen LogP contribution is -2.45. The number of benzene rings is 3. The van der Waals surface area contributed by atoms with Crippen molar-refractivity contribution in [1.29, 1.82) is 0 Å². The Morgan fingerprint density at radius 1 is 0.939 bits per heavy atom. The summed E-state index contributed by atoms with van der Waals surface area (Å²) in [7, 11) is 0. The van der Waals surface area contributed by atoms with Crippen LogP contribution in [0.15, 0.2) is 83.3 Å². The largest absolute Gasteiger partial charge is 0.340 e. The van der Waals surface area contributed by atoms with Gasteiger partial charge in [-0.05, 0) is 57.9 Å². The maximum absolute atomic E-state index is 13.2. The van der Waals surface area contributed by atoms with Gasteiger partial charge in [-0.3, -0.25) is 14.9 Å². The number of nitrogens with zero attached hydrogens (tertiary/aromatic N) is 2. The molecule has 3 aromatic carbocycles. The minimum absolute atomic E-state index is 0.285. The van der Waals surface area contributed by atoms with E-state index in [4.69, 9.17) is 0 Å². The molecule has 4 aromatic rings. The van der Waals surface area contributed by atoms with Crippen molar-refractivity contribution in [2.75, 3.05) is 5.32 Å². The number of halogens is 2. The highest BCUT2D eigenvalue weighted by atomic mass is 79.9. The number of nitrogens with one attached hydrogen (secondary N) is 2. The second-order valence-corrected chi connectivity index (χ2v) is 8.94. The third-order valence-corrected chi connectivity index (χ3v) is 6.35. The van der Waals surface area contributed by atoms with Gasteiger partial charge in [0.2, 0.25) is 11.0 Å². The van der Waals surface area contributed by atoms with E-state index in [9.17, 15) is 14.0 Å². The molecule has 6 nitrogen and oxygen atoms in total. The standard InChI is InChI=1S/C24H18BrFN4O2S/c25-19-9-5-4-8-18(19)21(31)27-20(14-15-6-2-1-3-7-15)22(32)28-24-30-29-23(33-24)16-10-12-17(26)13-11-16/h1-13,20H,14H2,(H,27,31)(H,28,30,32). The Kier molecular flexibility index (Phi) is 7.21. The summed E-state index contributed by atoms with van der Waals surface area (Å²) in [6, 6.07) is 21.4. The third-order valence-electron chi connectivity index (χ3n) is 4.77. The number of carbonyl (C=O) groups excluding carboxylic acids is 2. The van der Waals surface area contributed by atoms with Crippen LogP contribution in [0.4, 0.5) is 9.52 Å². The predicted octanol–water partition coefficient (Wildman–Crippen LogP) is 5.09. The van der Waals surface area contributed by atoms with Crippen LogP contribution in [0, 0.1) is 5.82 Å². The quantitative estimate of drug-likeness (QED) is 0.352. The molecule has 33 heavy (non-hydrogen) atoms. The third kappa shape index (κ3) is 5.88. The first-order chi connectivity index (χ1) is 16.0. The van der Waals surface area contributed by atoms with Gasteiger partial charge in [-0.1, -0.05) is 53.8 Å². The van der Waals surface area contributed by atoms with Gasteiger partial charge in [0.1, 0.15) is 16.9 Å². The number of rotatable bonds is 7. The fourth-order valence-corrected chi connectivity index (χ4v) is 4.33. The van der Waals surface area contributed by atoms with E-state index in [0.717, 1.165) is 16.9 Å². The summed E-state index contributed by atoms with van der Waals surface area (Å²) in [5, 5.41) is 14.5. The van der Waals surface area contributed by atoms with Crippen molar-refractivity contribution in [3.8, 4) is 10.6 Å². The highest BCUT2D eigenvalue weighted by molar-refractivity contribution is 9.10. The van der Waals surface area contributed by atoms with Crippen LogP contribution >= 0.6 is 27.3 Å². The molecule has 0 saturated carbocycles. The second-order valence-electron chi connectivity index (χ2n) is 7.10. The van der Waals surface area contributed by atoms with Gasteiger partial charge in [0.15, 0.2) is 0 Å². The normalized spacial score (nSPS) is 11.6. The molecule has 0 aliphatic carbocycles. The van der Waals surface area contributed by atoms with Gasteiger partial charge in [0.25, 0.3) is 5.91 Å². The average Bonchev–Trinajstić information content (AvgIpc) is 3.28. The summed E-state index contributed by atoms with van der Waals surface area (Å²) < 4.78 is 13.8. The van der Waals surface area contributed by atoms with E-state index in [0.29, 0.717) is 27.0 Å². The van der Waals surface area contributed by atoms with Crippen molar-refractivity contribution < 1.29 is 14.0 Å². The molecule has 0 radical (unpaired) electrons. The van der Waals surface area contributed by atoms with Gasteiger partial charge in [-0.25, -0.2) is 4.39 Å². The van der Waals surface area contributed by atoms with Crippen molar-refractivity contribution >= 4 is 44.2 Å². The number of hydrogen-bond donors (Lipinski definition) is 2. The summed E-state index contributed by atoms with van der Waals surface area (Å²) in [4.78, 5) is 26.0. The smallest absolute Gasteiger partial charge is 0.253 e. The molecule has 1 aromatic heterocycles. The van der Waals surface area contributed by atoms with Gasteiger partial charge < -0.3 is 5.32 Å². The molecule has 2 amide bonds. The maximum atomic E-state index is 13.2. The number of hydrogen-bond acceptors (Lipinski definition) is 5. The summed E-state index contributed by atoms with van der Waals surface area (Å²) in [6.07, 6.45) is 0.298. The summed E-state index contributed by atoms with van der Waals surface area (Å²) in [5.74, 6) is -1.13. The molecular formula is C24H18BrFN4O2S.